The van der Waals surface area contributed by atoms with Crippen molar-refractivity contribution in [1.29, 1.82) is 0 Å². The first-order valence-electron chi connectivity index (χ1n) is 6.36. The zero-order valence-corrected chi connectivity index (χ0v) is 10.8. The number of aromatic carboxylic acids is 1. The van der Waals surface area contributed by atoms with Gasteiger partial charge in [0.25, 0.3) is 5.91 Å². The molecule has 0 radical (unpaired) electrons. The van der Waals surface area contributed by atoms with Gasteiger partial charge in [-0.1, -0.05) is 11.6 Å². The number of imidazole rings is 1. The average molecular weight is 263 g/mol. The Balaban J connectivity index is 2.06. The van der Waals surface area contributed by atoms with Gasteiger partial charge in [0.1, 0.15) is 0 Å². The zero-order valence-electron chi connectivity index (χ0n) is 10.8. The third-order valence-electron chi connectivity index (χ3n) is 3.30. The average Bonchev–Trinajstić information content (AvgIpc) is 2.89. The summed E-state index contributed by atoms with van der Waals surface area (Å²) in [6.45, 7) is 1.90. The molecule has 19 heavy (non-hydrogen) atoms. The normalized spacial score (nSPS) is 16.6. The van der Waals surface area contributed by atoms with Crippen LogP contribution in [0.25, 0.3) is 0 Å². The Hall–Kier alpha value is -2.11. The molecule has 3 N–H and O–H groups in total. The Morgan fingerprint density at radius 3 is 2.89 bits per heavy atom. The fourth-order valence-electron chi connectivity index (χ4n) is 2.24. The minimum absolute atomic E-state index is 0.0734. The lowest BCUT2D eigenvalue weighted by Gasteiger charge is -2.20. The monoisotopic (exact) mass is 263 g/mol. The van der Waals surface area contributed by atoms with Crippen molar-refractivity contribution < 1.29 is 14.7 Å². The summed E-state index contributed by atoms with van der Waals surface area (Å²) in [7, 11) is 0. The van der Waals surface area contributed by atoms with Crippen LogP contribution in [0.1, 0.15) is 53.6 Å². The fraction of sp³-hybridized carbons (Fsp3) is 0.462. The van der Waals surface area contributed by atoms with Crippen LogP contribution >= 0.6 is 0 Å². The molecule has 0 unspecified atom stereocenters. The Labute approximate surface area is 110 Å². The molecule has 0 saturated carbocycles. The van der Waals surface area contributed by atoms with Crippen LogP contribution in [0.15, 0.2) is 18.0 Å². The molecule has 0 spiro atoms. The summed E-state index contributed by atoms with van der Waals surface area (Å²) in [4.78, 5) is 29.1. The molecule has 2 rings (SSSR count). The van der Waals surface area contributed by atoms with Crippen molar-refractivity contribution in [2.75, 3.05) is 0 Å². The van der Waals surface area contributed by atoms with Crippen LogP contribution in [0.3, 0.4) is 0 Å². The minimum Gasteiger partial charge on any atom is -0.477 e. The highest BCUT2D eigenvalue weighted by Gasteiger charge is 2.22. The molecule has 0 aromatic carbocycles. The summed E-state index contributed by atoms with van der Waals surface area (Å²) in [6, 6.07) is -0.0915. The second-order valence-corrected chi connectivity index (χ2v) is 4.65. The molecular formula is C13H17N3O3. The van der Waals surface area contributed by atoms with Gasteiger partial charge in [-0.05, 0) is 32.6 Å². The Morgan fingerprint density at radius 1 is 1.47 bits per heavy atom. The molecule has 0 aliphatic heterocycles. The highest BCUT2D eigenvalue weighted by molar-refractivity contribution is 6.02. The number of nitrogens with one attached hydrogen (secondary N) is 2. The van der Waals surface area contributed by atoms with Gasteiger partial charge in [-0.15, -0.1) is 0 Å². The summed E-state index contributed by atoms with van der Waals surface area (Å²) < 4.78 is 0. The van der Waals surface area contributed by atoms with Crippen molar-refractivity contribution in [3.05, 3.63) is 29.4 Å². The van der Waals surface area contributed by atoms with Crippen LogP contribution in [0.2, 0.25) is 0 Å². The highest BCUT2D eigenvalue weighted by Crippen LogP contribution is 2.20. The molecule has 6 heteroatoms. The van der Waals surface area contributed by atoms with Gasteiger partial charge in [-0.3, -0.25) is 4.79 Å². The summed E-state index contributed by atoms with van der Waals surface area (Å²) in [5, 5.41) is 11.7. The molecule has 0 fully saturated rings. The van der Waals surface area contributed by atoms with E-state index in [0.717, 1.165) is 19.3 Å². The second kappa shape index (κ2) is 5.69. The van der Waals surface area contributed by atoms with E-state index in [4.69, 9.17) is 5.11 Å². The van der Waals surface area contributed by atoms with E-state index in [1.807, 2.05) is 6.92 Å². The topological polar surface area (TPSA) is 95.1 Å². The summed E-state index contributed by atoms with van der Waals surface area (Å²) in [5.41, 5.74) is 0.949. The number of aromatic amines is 1. The van der Waals surface area contributed by atoms with Crippen LogP contribution in [0.4, 0.5) is 0 Å². The third kappa shape index (κ3) is 3.01. The number of carbonyl (C=O) groups is 2. The molecule has 1 aromatic heterocycles. The predicted octanol–water partition coefficient (Wildman–Crippen LogP) is 1.73. The van der Waals surface area contributed by atoms with Gasteiger partial charge in [0, 0.05) is 6.04 Å². The van der Waals surface area contributed by atoms with E-state index in [1.165, 1.54) is 18.3 Å². The first-order chi connectivity index (χ1) is 9.09. The van der Waals surface area contributed by atoms with E-state index in [-0.39, 0.29) is 17.4 Å². The standard InChI is InChI=1S/C13H17N3O3/c1-8(9-5-3-2-4-6-9)16-12(17)10-11(13(18)19)15-7-14-10/h5,7-8H,2-4,6H2,1H3,(H,14,15)(H,16,17)(H,18,19)/t8-/m1/s1. The Kier molecular flexibility index (Phi) is 3.99. The Morgan fingerprint density at radius 2 is 2.26 bits per heavy atom. The maximum atomic E-state index is 12.0. The molecule has 6 nitrogen and oxygen atoms in total. The number of hydrogen-bond acceptors (Lipinski definition) is 3. The van der Waals surface area contributed by atoms with Crippen LogP contribution in [0.5, 0.6) is 0 Å². The van der Waals surface area contributed by atoms with Gasteiger partial charge in [-0.2, -0.15) is 0 Å². The van der Waals surface area contributed by atoms with Gasteiger partial charge in [0.15, 0.2) is 11.4 Å². The fourth-order valence-corrected chi connectivity index (χ4v) is 2.24. The lowest BCUT2D eigenvalue weighted by molar-refractivity contribution is 0.0684. The molecule has 102 valence electrons. The van der Waals surface area contributed by atoms with Gasteiger partial charge in [0.2, 0.25) is 0 Å². The molecule has 0 bridgehead atoms. The number of hydrogen-bond donors (Lipinski definition) is 3. The number of allylic oxidation sites excluding steroid dienone is 1. The molecule has 1 aromatic rings. The van der Waals surface area contributed by atoms with Gasteiger partial charge >= 0.3 is 5.97 Å². The minimum atomic E-state index is -1.19. The number of amides is 1. The number of carbonyl (C=O) groups excluding carboxylic acids is 1. The van der Waals surface area contributed by atoms with Crippen molar-refractivity contribution in [2.45, 2.75) is 38.6 Å². The first-order valence-corrected chi connectivity index (χ1v) is 6.36. The highest BCUT2D eigenvalue weighted by atomic mass is 16.4. The van der Waals surface area contributed by atoms with E-state index >= 15 is 0 Å². The third-order valence-corrected chi connectivity index (χ3v) is 3.30. The lowest BCUT2D eigenvalue weighted by atomic mass is 9.94. The molecular weight excluding hydrogens is 246 g/mol. The van der Waals surface area contributed by atoms with E-state index < -0.39 is 11.9 Å². The van der Waals surface area contributed by atoms with Crippen molar-refractivity contribution in [2.24, 2.45) is 0 Å². The number of carboxylic acid groups (broad SMARTS) is 1. The number of carboxylic acids is 1. The van der Waals surface area contributed by atoms with E-state index in [2.05, 4.69) is 21.4 Å². The second-order valence-electron chi connectivity index (χ2n) is 4.65. The quantitative estimate of drug-likeness (QED) is 0.721. The smallest absolute Gasteiger partial charge is 0.354 e. The molecule has 0 saturated heterocycles. The van der Waals surface area contributed by atoms with Crippen molar-refractivity contribution in [3.63, 3.8) is 0 Å². The number of aromatic nitrogens is 2. The van der Waals surface area contributed by atoms with E-state index in [0.29, 0.717) is 0 Å². The zero-order chi connectivity index (χ0) is 13.8. The summed E-state index contributed by atoms with van der Waals surface area (Å²) in [5.74, 6) is -1.65. The van der Waals surface area contributed by atoms with Gasteiger partial charge < -0.3 is 15.4 Å². The number of H-pyrrole nitrogens is 1. The molecule has 1 atom stereocenters. The number of rotatable bonds is 4. The lowest BCUT2D eigenvalue weighted by Crippen LogP contribution is -2.35. The summed E-state index contributed by atoms with van der Waals surface area (Å²) in [6.07, 6.45) is 7.70. The van der Waals surface area contributed by atoms with Crippen LogP contribution in [-0.4, -0.2) is 33.0 Å². The SMILES string of the molecule is C[C@@H](NC(=O)c1nc[nH]c1C(=O)O)C1=CCCCC1. The maximum Gasteiger partial charge on any atom is 0.354 e. The largest absolute Gasteiger partial charge is 0.477 e. The number of nitrogens with zero attached hydrogens (tertiary/aromatic N) is 1. The van der Waals surface area contributed by atoms with E-state index in [1.54, 1.807) is 0 Å². The first kappa shape index (κ1) is 13.3. The van der Waals surface area contributed by atoms with Crippen molar-refractivity contribution in [1.82, 2.24) is 15.3 Å². The molecule has 1 aliphatic rings. The van der Waals surface area contributed by atoms with Crippen LogP contribution in [0, 0.1) is 0 Å². The predicted molar refractivity (Wildman–Crippen MR) is 69.0 cm³/mol. The van der Waals surface area contributed by atoms with Gasteiger partial charge in [-0.25, -0.2) is 9.78 Å². The van der Waals surface area contributed by atoms with Crippen molar-refractivity contribution >= 4 is 11.9 Å². The molecule has 1 aliphatic carbocycles. The molecule has 1 heterocycles. The maximum absolute atomic E-state index is 12.0. The molecule has 1 amide bonds. The van der Waals surface area contributed by atoms with Crippen LogP contribution in [-0.2, 0) is 0 Å². The summed E-state index contributed by atoms with van der Waals surface area (Å²) >= 11 is 0. The van der Waals surface area contributed by atoms with Crippen LogP contribution < -0.4 is 5.32 Å². The van der Waals surface area contributed by atoms with Gasteiger partial charge in [0.05, 0.1) is 6.33 Å². The van der Waals surface area contributed by atoms with Crippen molar-refractivity contribution in [3.8, 4) is 0 Å². The van der Waals surface area contributed by atoms with E-state index in [9.17, 15) is 9.59 Å². The Bertz CT molecular complexity index is 519.